The van der Waals surface area contributed by atoms with Gasteiger partial charge in [0.05, 0.1) is 10.9 Å². The van der Waals surface area contributed by atoms with Crippen LogP contribution in [0.4, 0.5) is 4.79 Å². The van der Waals surface area contributed by atoms with Crippen molar-refractivity contribution in [3.63, 3.8) is 0 Å². The van der Waals surface area contributed by atoms with Crippen LogP contribution in [0.5, 0.6) is 0 Å². The Morgan fingerprint density at radius 2 is 1.69 bits per heavy atom. The smallest absolute Gasteiger partial charge is 0.324 e. The summed E-state index contributed by atoms with van der Waals surface area (Å²) in [5.74, 6) is 0.156. The average Bonchev–Trinajstić information content (AvgIpc) is 3.18. The molecule has 0 saturated carbocycles. The minimum absolute atomic E-state index is 0.239. The molecule has 160 valence electrons. The molecular formula is C20H30N4O4S. The first kappa shape index (κ1) is 21.7. The van der Waals surface area contributed by atoms with Gasteiger partial charge < -0.3 is 5.32 Å². The number of nitrogens with one attached hydrogen (secondary N) is 1. The van der Waals surface area contributed by atoms with Gasteiger partial charge in [0.1, 0.15) is 0 Å². The van der Waals surface area contributed by atoms with E-state index in [2.05, 4.69) is 19.2 Å². The number of urea groups is 1. The van der Waals surface area contributed by atoms with Crippen molar-refractivity contribution in [2.75, 3.05) is 39.3 Å². The van der Waals surface area contributed by atoms with E-state index in [-0.39, 0.29) is 11.9 Å². The molecule has 0 aromatic heterocycles. The van der Waals surface area contributed by atoms with Crippen LogP contribution in [0, 0.1) is 0 Å². The van der Waals surface area contributed by atoms with Gasteiger partial charge in [0, 0.05) is 39.3 Å². The van der Waals surface area contributed by atoms with Crippen LogP contribution in [0.3, 0.4) is 0 Å². The summed E-state index contributed by atoms with van der Waals surface area (Å²) in [5.41, 5.74) is 1.13. The highest BCUT2D eigenvalue weighted by Crippen LogP contribution is 2.23. The fourth-order valence-corrected chi connectivity index (χ4v) is 5.17. The lowest BCUT2D eigenvalue weighted by molar-refractivity contribution is -0.133. The fourth-order valence-electron chi connectivity index (χ4n) is 3.75. The van der Waals surface area contributed by atoms with Gasteiger partial charge in [-0.2, -0.15) is 4.31 Å². The molecule has 0 radical (unpaired) electrons. The average molecular weight is 423 g/mol. The largest absolute Gasteiger partial charge is 0.336 e. The second-order valence-corrected chi connectivity index (χ2v) is 9.65. The predicted molar refractivity (Wildman–Crippen MR) is 110 cm³/mol. The van der Waals surface area contributed by atoms with E-state index >= 15 is 0 Å². The van der Waals surface area contributed by atoms with E-state index in [1.807, 2.05) is 17.0 Å². The standard InChI is InChI=1S/C20H30N4O4S/c1-4-15(2)17-5-7-18(8-6-17)29(27,28)23-13-11-22(12-14-23)16(3)19(25)24-10-9-21-20(24)26/h5-8,15-16H,4,9-14H2,1-3H3,(H,21,26)/t15-,16-/m1/s1. The van der Waals surface area contributed by atoms with Crippen LogP contribution in [-0.4, -0.2) is 79.8 Å². The van der Waals surface area contributed by atoms with Gasteiger partial charge in [-0.05, 0) is 37.0 Å². The number of hydrogen-bond donors (Lipinski definition) is 1. The van der Waals surface area contributed by atoms with Crippen LogP contribution in [0.25, 0.3) is 0 Å². The van der Waals surface area contributed by atoms with E-state index in [9.17, 15) is 18.0 Å². The van der Waals surface area contributed by atoms with E-state index in [0.29, 0.717) is 50.1 Å². The van der Waals surface area contributed by atoms with Crippen molar-refractivity contribution in [3.05, 3.63) is 29.8 Å². The minimum atomic E-state index is -3.56. The number of carbonyl (C=O) groups is 2. The van der Waals surface area contributed by atoms with Gasteiger partial charge in [0.15, 0.2) is 0 Å². The summed E-state index contributed by atoms with van der Waals surface area (Å²) in [5, 5.41) is 2.63. The summed E-state index contributed by atoms with van der Waals surface area (Å²) in [7, 11) is -3.56. The van der Waals surface area contributed by atoms with Crippen LogP contribution in [-0.2, 0) is 14.8 Å². The van der Waals surface area contributed by atoms with Gasteiger partial charge in [-0.3, -0.25) is 14.6 Å². The van der Waals surface area contributed by atoms with Gasteiger partial charge in [0.25, 0.3) is 0 Å². The molecule has 2 atom stereocenters. The number of hydrogen-bond acceptors (Lipinski definition) is 5. The molecule has 2 aliphatic heterocycles. The quantitative estimate of drug-likeness (QED) is 0.749. The van der Waals surface area contributed by atoms with Crippen molar-refractivity contribution in [3.8, 4) is 0 Å². The van der Waals surface area contributed by atoms with E-state index in [0.717, 1.165) is 12.0 Å². The monoisotopic (exact) mass is 422 g/mol. The fraction of sp³-hybridized carbons (Fsp3) is 0.600. The molecule has 2 saturated heterocycles. The van der Waals surface area contributed by atoms with E-state index < -0.39 is 16.1 Å². The highest BCUT2D eigenvalue weighted by molar-refractivity contribution is 7.89. The Kier molecular flexibility index (Phi) is 6.60. The van der Waals surface area contributed by atoms with Crippen LogP contribution in [0.2, 0.25) is 0 Å². The van der Waals surface area contributed by atoms with Crippen molar-refractivity contribution in [2.24, 2.45) is 0 Å². The normalized spacial score (nSPS) is 21.1. The van der Waals surface area contributed by atoms with Crippen molar-refractivity contribution in [1.82, 2.24) is 19.4 Å². The molecule has 0 bridgehead atoms. The van der Waals surface area contributed by atoms with Crippen LogP contribution >= 0.6 is 0 Å². The van der Waals surface area contributed by atoms with Crippen LogP contribution in [0.15, 0.2) is 29.2 Å². The molecule has 0 spiro atoms. The van der Waals surface area contributed by atoms with Crippen molar-refractivity contribution < 1.29 is 18.0 Å². The summed E-state index contributed by atoms with van der Waals surface area (Å²) < 4.78 is 27.4. The predicted octanol–water partition coefficient (Wildman–Crippen LogP) is 1.45. The third-order valence-electron chi connectivity index (χ3n) is 6.00. The lowest BCUT2D eigenvalue weighted by atomic mass is 9.99. The lowest BCUT2D eigenvalue weighted by Gasteiger charge is -2.37. The molecule has 0 unspecified atom stereocenters. The van der Waals surface area contributed by atoms with Crippen molar-refractivity contribution >= 4 is 22.0 Å². The van der Waals surface area contributed by atoms with Gasteiger partial charge in [0.2, 0.25) is 15.9 Å². The molecule has 0 aliphatic carbocycles. The summed E-state index contributed by atoms with van der Waals surface area (Å²) in [6.07, 6.45) is 1.00. The highest BCUT2D eigenvalue weighted by atomic mass is 32.2. The molecule has 8 nitrogen and oxygen atoms in total. The third kappa shape index (κ3) is 4.46. The van der Waals surface area contributed by atoms with Gasteiger partial charge >= 0.3 is 6.03 Å². The Morgan fingerprint density at radius 1 is 1.07 bits per heavy atom. The number of amides is 3. The Balaban J connectivity index is 1.62. The number of sulfonamides is 1. The Labute approximate surface area is 172 Å². The summed E-state index contributed by atoms with van der Waals surface area (Å²) in [6, 6.07) is 6.32. The summed E-state index contributed by atoms with van der Waals surface area (Å²) in [4.78, 5) is 27.7. The van der Waals surface area contributed by atoms with Gasteiger partial charge in [-0.25, -0.2) is 13.2 Å². The first-order valence-electron chi connectivity index (χ1n) is 10.2. The zero-order valence-electron chi connectivity index (χ0n) is 17.3. The first-order chi connectivity index (χ1) is 13.8. The molecule has 3 rings (SSSR count). The minimum Gasteiger partial charge on any atom is -0.336 e. The first-order valence-corrected chi connectivity index (χ1v) is 11.6. The third-order valence-corrected chi connectivity index (χ3v) is 7.91. The number of benzene rings is 1. The maximum atomic E-state index is 13.0. The Hall–Kier alpha value is -1.97. The molecular weight excluding hydrogens is 392 g/mol. The van der Waals surface area contributed by atoms with E-state index in [1.165, 1.54) is 9.21 Å². The summed E-state index contributed by atoms with van der Waals surface area (Å²) in [6.45, 7) is 8.39. The van der Waals surface area contributed by atoms with Crippen LogP contribution < -0.4 is 5.32 Å². The maximum absolute atomic E-state index is 13.0. The topological polar surface area (TPSA) is 90.0 Å². The SMILES string of the molecule is CC[C@@H](C)c1ccc(S(=O)(=O)N2CCN([C@H](C)C(=O)N3CCNC3=O)CC2)cc1. The molecule has 2 fully saturated rings. The van der Waals surface area contributed by atoms with E-state index in [1.54, 1.807) is 19.1 Å². The molecule has 1 N–H and O–H groups in total. The molecule has 1 aromatic carbocycles. The number of carbonyl (C=O) groups excluding carboxylic acids is 2. The van der Waals surface area contributed by atoms with Gasteiger partial charge in [-0.1, -0.05) is 26.0 Å². The molecule has 2 heterocycles. The van der Waals surface area contributed by atoms with Gasteiger partial charge in [-0.15, -0.1) is 0 Å². The molecule has 9 heteroatoms. The maximum Gasteiger partial charge on any atom is 0.324 e. The Morgan fingerprint density at radius 3 is 2.21 bits per heavy atom. The molecule has 29 heavy (non-hydrogen) atoms. The van der Waals surface area contributed by atoms with E-state index in [4.69, 9.17) is 0 Å². The summed E-state index contributed by atoms with van der Waals surface area (Å²) >= 11 is 0. The molecule has 2 aliphatic rings. The highest BCUT2D eigenvalue weighted by Gasteiger charge is 2.35. The molecule has 1 aromatic rings. The number of nitrogens with zero attached hydrogens (tertiary/aromatic N) is 3. The van der Waals surface area contributed by atoms with Crippen molar-refractivity contribution in [1.29, 1.82) is 0 Å². The van der Waals surface area contributed by atoms with Crippen LogP contribution in [0.1, 0.15) is 38.7 Å². The second kappa shape index (κ2) is 8.81. The number of piperazine rings is 1. The zero-order valence-corrected chi connectivity index (χ0v) is 18.1. The lowest BCUT2D eigenvalue weighted by Crippen LogP contribution is -2.55. The van der Waals surface area contributed by atoms with Crippen molar-refractivity contribution in [2.45, 2.75) is 44.0 Å². The number of imide groups is 1. The molecule has 3 amide bonds. The zero-order chi connectivity index (χ0) is 21.2. The number of rotatable bonds is 6. The Bertz CT molecular complexity index is 848. The second-order valence-electron chi connectivity index (χ2n) is 7.72.